The first-order valence-corrected chi connectivity index (χ1v) is 11.8. The molecule has 8 heteroatoms. The maximum absolute atomic E-state index is 12.8. The van der Waals surface area contributed by atoms with E-state index in [1.54, 1.807) is 26.2 Å². The smallest absolute Gasteiger partial charge is 0.333 e. The molecule has 0 N–H and O–H groups in total. The van der Waals surface area contributed by atoms with Gasteiger partial charge in [0.2, 0.25) is 0 Å². The van der Waals surface area contributed by atoms with Gasteiger partial charge in [-0.1, -0.05) is 26.0 Å². The summed E-state index contributed by atoms with van der Waals surface area (Å²) in [4.78, 5) is 33.5. The van der Waals surface area contributed by atoms with E-state index in [9.17, 15) is 9.59 Å². The van der Waals surface area contributed by atoms with Crippen LogP contribution < -0.4 is 0 Å². The number of aromatic nitrogens is 2. The summed E-state index contributed by atoms with van der Waals surface area (Å²) in [5.74, 6) is 0.785. The molecule has 2 aromatic rings. The van der Waals surface area contributed by atoms with Gasteiger partial charge in [0.05, 0.1) is 12.4 Å². The Bertz CT molecular complexity index is 897. The third-order valence-electron chi connectivity index (χ3n) is 6.35. The summed E-state index contributed by atoms with van der Waals surface area (Å²) < 4.78 is 22.5. The van der Waals surface area contributed by atoms with E-state index in [-0.39, 0.29) is 36.0 Å². The van der Waals surface area contributed by atoms with E-state index in [0.717, 1.165) is 12.8 Å². The van der Waals surface area contributed by atoms with Gasteiger partial charge >= 0.3 is 11.9 Å². The van der Waals surface area contributed by atoms with Crippen LogP contribution in [0.5, 0.6) is 0 Å². The molecule has 184 valence electrons. The molecule has 0 radical (unpaired) electrons. The fraction of sp³-hybridized carbons (Fsp3) is 0.538. The van der Waals surface area contributed by atoms with Crippen LogP contribution >= 0.6 is 0 Å². The number of carbonyl (C=O) groups is 2. The normalized spacial score (nSPS) is 28.8. The van der Waals surface area contributed by atoms with E-state index in [0.29, 0.717) is 48.3 Å². The minimum absolute atomic E-state index is 0.0500. The molecule has 0 saturated heterocycles. The van der Waals surface area contributed by atoms with Crippen molar-refractivity contribution in [3.05, 3.63) is 60.0 Å². The van der Waals surface area contributed by atoms with Gasteiger partial charge in [-0.3, -0.25) is 0 Å². The lowest BCUT2D eigenvalue weighted by molar-refractivity contribution is -0.147. The quantitative estimate of drug-likeness (QED) is 0.574. The minimum Gasteiger partial charge on any atom is -0.458 e. The summed E-state index contributed by atoms with van der Waals surface area (Å²) in [6, 6.07) is 0. The van der Waals surface area contributed by atoms with Gasteiger partial charge in [0.1, 0.15) is 23.7 Å². The van der Waals surface area contributed by atoms with E-state index in [1.165, 1.54) is 12.8 Å². The predicted molar refractivity (Wildman–Crippen MR) is 124 cm³/mol. The number of ether oxygens (including phenoxy) is 2. The molecule has 0 aliphatic carbocycles. The van der Waals surface area contributed by atoms with Gasteiger partial charge in [0.25, 0.3) is 0 Å². The summed E-state index contributed by atoms with van der Waals surface area (Å²) in [6.45, 7) is 7.61. The van der Waals surface area contributed by atoms with Crippen molar-refractivity contribution >= 4 is 11.9 Å². The highest BCUT2D eigenvalue weighted by molar-refractivity contribution is 5.88. The van der Waals surface area contributed by atoms with Crippen molar-refractivity contribution in [1.82, 2.24) is 9.97 Å². The van der Waals surface area contributed by atoms with Crippen molar-refractivity contribution in [2.24, 2.45) is 11.8 Å². The molecule has 0 saturated carbocycles. The number of carbonyl (C=O) groups excluding carboxylic acids is 2. The van der Waals surface area contributed by atoms with Crippen LogP contribution in [0, 0.1) is 11.8 Å². The van der Waals surface area contributed by atoms with Gasteiger partial charge in [-0.05, 0) is 51.4 Å². The van der Waals surface area contributed by atoms with E-state index in [4.69, 9.17) is 18.3 Å². The summed E-state index contributed by atoms with van der Waals surface area (Å²) in [7, 11) is 0. The molecule has 0 bridgehead atoms. The number of esters is 2. The summed E-state index contributed by atoms with van der Waals surface area (Å²) in [5.41, 5.74) is 1.13. The van der Waals surface area contributed by atoms with Crippen molar-refractivity contribution in [3.63, 3.8) is 0 Å². The lowest BCUT2D eigenvalue weighted by Crippen LogP contribution is -2.29. The van der Waals surface area contributed by atoms with Crippen LogP contribution in [-0.2, 0) is 31.9 Å². The fourth-order valence-corrected chi connectivity index (χ4v) is 3.93. The van der Waals surface area contributed by atoms with Crippen LogP contribution in [0.1, 0.15) is 64.9 Å². The third-order valence-corrected chi connectivity index (χ3v) is 6.35. The molecule has 0 amide bonds. The van der Waals surface area contributed by atoms with Crippen LogP contribution in [0.4, 0.5) is 0 Å². The molecule has 1 unspecified atom stereocenters. The zero-order valence-electron chi connectivity index (χ0n) is 20.4. The Hall–Kier alpha value is -3.16. The number of cyclic esters (lactones) is 2. The molecule has 2 aromatic heterocycles. The van der Waals surface area contributed by atoms with Gasteiger partial charge in [-0.15, -0.1) is 0 Å². The zero-order valence-corrected chi connectivity index (χ0v) is 20.4. The number of oxazole rings is 2. The van der Waals surface area contributed by atoms with E-state index in [1.807, 2.05) is 26.0 Å². The Balaban J connectivity index is 1.78. The molecule has 1 aliphatic heterocycles. The lowest BCUT2D eigenvalue weighted by Gasteiger charge is -2.25. The lowest BCUT2D eigenvalue weighted by atomic mass is 9.94. The van der Waals surface area contributed by atoms with Crippen LogP contribution in [0.15, 0.2) is 57.3 Å². The minimum atomic E-state index is -0.359. The first kappa shape index (κ1) is 25.5. The Labute approximate surface area is 200 Å². The largest absolute Gasteiger partial charge is 0.458 e. The molecule has 0 aromatic carbocycles. The van der Waals surface area contributed by atoms with Crippen molar-refractivity contribution < 1.29 is 27.9 Å². The monoisotopic (exact) mass is 470 g/mol. The van der Waals surface area contributed by atoms with Crippen molar-refractivity contribution in [1.29, 1.82) is 0 Å². The number of allylic oxidation sites excluding steroid dienone is 2. The van der Waals surface area contributed by atoms with Gasteiger partial charge in [0, 0.05) is 24.0 Å². The summed E-state index contributed by atoms with van der Waals surface area (Å²) in [6.07, 6.45) is 12.8. The first-order chi connectivity index (χ1) is 16.3. The highest BCUT2D eigenvalue weighted by Gasteiger charge is 2.26. The average molecular weight is 471 g/mol. The highest BCUT2D eigenvalue weighted by Crippen LogP contribution is 2.24. The molecule has 34 heavy (non-hydrogen) atoms. The predicted octanol–water partition coefficient (Wildman–Crippen LogP) is 5.01. The molecule has 0 spiro atoms. The first-order valence-electron chi connectivity index (χ1n) is 11.8. The zero-order chi connectivity index (χ0) is 24.5. The second-order valence-corrected chi connectivity index (χ2v) is 9.11. The van der Waals surface area contributed by atoms with Crippen LogP contribution in [0.2, 0.25) is 0 Å². The SMILES string of the molecule is C/C1=C/CC[C@H](C)C(Cc2cnco2)OC(=O)/C(C)=C/CC[C@H](C)[C@H](Cc2cnco2)OC1=O. The Morgan fingerprint density at radius 1 is 0.765 bits per heavy atom. The molecule has 4 atom stereocenters. The van der Waals surface area contributed by atoms with Crippen molar-refractivity contribution in [2.75, 3.05) is 0 Å². The third kappa shape index (κ3) is 7.43. The van der Waals surface area contributed by atoms with E-state index >= 15 is 0 Å². The van der Waals surface area contributed by atoms with Crippen LogP contribution in [0.25, 0.3) is 0 Å². The molecular weight excluding hydrogens is 436 g/mol. The average Bonchev–Trinajstić information content (AvgIpc) is 3.51. The molecule has 3 rings (SSSR count). The van der Waals surface area contributed by atoms with E-state index < -0.39 is 0 Å². The van der Waals surface area contributed by atoms with Gasteiger partial charge in [-0.25, -0.2) is 19.6 Å². The molecule has 3 heterocycles. The van der Waals surface area contributed by atoms with Crippen molar-refractivity contribution in [3.8, 4) is 0 Å². The summed E-state index contributed by atoms with van der Waals surface area (Å²) >= 11 is 0. The number of rotatable bonds is 4. The second kappa shape index (κ2) is 12.3. The Morgan fingerprint density at radius 3 is 1.53 bits per heavy atom. The van der Waals surface area contributed by atoms with Gasteiger partial charge < -0.3 is 18.3 Å². The molecular formula is C26H34N2O6. The highest BCUT2D eigenvalue weighted by atomic mass is 16.5. The molecule has 1 aliphatic rings. The standard InChI is InChI=1S/C26H34N2O6/c1-17-7-5-9-19(3)26(30)34-24(12-22-14-28-16-32-22)18(2)8-6-10-20(4)25(29)33-23(17)11-21-13-27-15-31-21/h9-10,13-18,23-24H,5-8,11-12H2,1-4H3/b19-9-,20-10+/t17-,18-,23?,24-/m0/s1. The van der Waals surface area contributed by atoms with Gasteiger partial charge in [-0.2, -0.15) is 0 Å². The van der Waals surface area contributed by atoms with Crippen LogP contribution in [0.3, 0.4) is 0 Å². The molecule has 8 nitrogen and oxygen atoms in total. The van der Waals surface area contributed by atoms with Crippen LogP contribution in [-0.4, -0.2) is 34.1 Å². The molecule has 0 fully saturated rings. The maximum Gasteiger partial charge on any atom is 0.333 e. The Morgan fingerprint density at radius 2 is 1.18 bits per heavy atom. The summed E-state index contributed by atoms with van der Waals surface area (Å²) in [5, 5.41) is 0. The fourth-order valence-electron chi connectivity index (χ4n) is 3.93. The Kier molecular flexibility index (Phi) is 9.24. The maximum atomic E-state index is 12.8. The number of hydrogen-bond acceptors (Lipinski definition) is 8. The van der Waals surface area contributed by atoms with Crippen molar-refractivity contribution in [2.45, 2.75) is 78.4 Å². The van der Waals surface area contributed by atoms with E-state index in [2.05, 4.69) is 9.97 Å². The second-order valence-electron chi connectivity index (χ2n) is 9.11. The van der Waals surface area contributed by atoms with Gasteiger partial charge in [0.15, 0.2) is 12.8 Å². The topological polar surface area (TPSA) is 105 Å². The number of nitrogens with zero attached hydrogens (tertiary/aromatic N) is 2. The number of hydrogen-bond donors (Lipinski definition) is 0.